The van der Waals surface area contributed by atoms with Crippen LogP contribution in [-0.4, -0.2) is 23.6 Å². The van der Waals surface area contributed by atoms with Crippen LogP contribution in [0.3, 0.4) is 0 Å². The summed E-state index contributed by atoms with van der Waals surface area (Å²) >= 11 is 3.55. The summed E-state index contributed by atoms with van der Waals surface area (Å²) in [6, 6.07) is 6.43. The Kier molecular flexibility index (Phi) is 4.19. The summed E-state index contributed by atoms with van der Waals surface area (Å²) in [5.74, 6) is 1.00. The van der Waals surface area contributed by atoms with Gasteiger partial charge in [0.15, 0.2) is 0 Å². The lowest BCUT2D eigenvalue weighted by molar-refractivity contribution is 0.764. The zero-order chi connectivity index (χ0) is 13.1. The number of halogens is 1. The maximum absolute atomic E-state index is 4.65. The summed E-state index contributed by atoms with van der Waals surface area (Å²) in [6.07, 6.45) is 0.903. The van der Waals surface area contributed by atoms with Gasteiger partial charge < -0.3 is 10.3 Å². The van der Waals surface area contributed by atoms with Crippen molar-refractivity contribution in [2.24, 2.45) is 0 Å². The van der Waals surface area contributed by atoms with Crippen molar-refractivity contribution < 1.29 is 0 Å². The maximum Gasteiger partial charge on any atom is 0.110 e. The summed E-state index contributed by atoms with van der Waals surface area (Å²) < 4.78 is 0.955. The molecule has 0 atom stereocenters. The first-order valence-electron chi connectivity index (χ1n) is 6.08. The third kappa shape index (κ3) is 2.82. The first-order valence-corrected chi connectivity index (χ1v) is 6.87. The number of benzene rings is 1. The number of hydrogen-bond acceptors (Lipinski definition) is 2. The zero-order valence-electron chi connectivity index (χ0n) is 11.0. The molecule has 2 N–H and O–H groups in total. The van der Waals surface area contributed by atoms with Gasteiger partial charge in [0.1, 0.15) is 16.1 Å². The number of nitrogens with one attached hydrogen (secondary N) is 2. The predicted octanol–water partition coefficient (Wildman–Crippen LogP) is 3.22. The van der Waals surface area contributed by atoms with E-state index in [0.29, 0.717) is 0 Å². The lowest BCUT2D eigenvalue weighted by Crippen LogP contribution is -2.11. The summed E-state index contributed by atoms with van der Waals surface area (Å²) in [4.78, 5) is 7.92. The van der Waals surface area contributed by atoms with Gasteiger partial charge in [-0.2, -0.15) is 0 Å². The topological polar surface area (TPSA) is 40.7 Å². The van der Waals surface area contributed by atoms with Crippen LogP contribution in [0.25, 0.3) is 11.3 Å². The fourth-order valence-corrected chi connectivity index (χ4v) is 2.39. The number of aromatic nitrogens is 2. The van der Waals surface area contributed by atoms with Crippen LogP contribution < -0.4 is 5.32 Å². The quantitative estimate of drug-likeness (QED) is 0.910. The van der Waals surface area contributed by atoms with Crippen molar-refractivity contribution in [1.29, 1.82) is 0 Å². The van der Waals surface area contributed by atoms with Gasteiger partial charge in [-0.05, 0) is 54.0 Å². The molecule has 0 radical (unpaired) electrons. The maximum atomic E-state index is 4.65. The molecule has 0 amide bonds. The third-order valence-electron chi connectivity index (χ3n) is 3.10. The normalized spacial score (nSPS) is 10.9. The van der Waals surface area contributed by atoms with Crippen LogP contribution in [0.1, 0.15) is 17.0 Å². The van der Waals surface area contributed by atoms with E-state index in [4.69, 9.17) is 0 Å². The van der Waals surface area contributed by atoms with E-state index in [9.17, 15) is 0 Å². The molecule has 4 heteroatoms. The smallest absolute Gasteiger partial charge is 0.110 e. The second-order valence-electron chi connectivity index (χ2n) is 4.50. The van der Waals surface area contributed by atoms with Gasteiger partial charge in [0.25, 0.3) is 0 Å². The Morgan fingerprint density at radius 3 is 2.72 bits per heavy atom. The number of imidazole rings is 1. The highest BCUT2D eigenvalue weighted by molar-refractivity contribution is 9.10. The number of rotatable bonds is 4. The van der Waals surface area contributed by atoms with E-state index in [1.807, 2.05) is 7.05 Å². The molecule has 1 heterocycles. The van der Waals surface area contributed by atoms with E-state index < -0.39 is 0 Å². The third-order valence-corrected chi connectivity index (χ3v) is 3.67. The van der Waals surface area contributed by atoms with Crippen LogP contribution in [0.4, 0.5) is 0 Å². The van der Waals surface area contributed by atoms with Gasteiger partial charge in [-0.3, -0.25) is 0 Å². The van der Waals surface area contributed by atoms with E-state index in [0.717, 1.165) is 34.7 Å². The molecule has 0 bridgehead atoms. The number of H-pyrrole nitrogens is 1. The van der Waals surface area contributed by atoms with Crippen LogP contribution in [-0.2, 0) is 6.42 Å². The van der Waals surface area contributed by atoms with Crippen LogP contribution in [0.5, 0.6) is 0 Å². The van der Waals surface area contributed by atoms with Gasteiger partial charge in [0, 0.05) is 18.5 Å². The van der Waals surface area contributed by atoms with Crippen molar-refractivity contribution in [3.63, 3.8) is 0 Å². The summed E-state index contributed by atoms with van der Waals surface area (Å²) in [5, 5.41) is 3.13. The first-order chi connectivity index (χ1) is 8.61. The van der Waals surface area contributed by atoms with Crippen molar-refractivity contribution in [2.75, 3.05) is 13.6 Å². The molecule has 96 valence electrons. The fraction of sp³-hybridized carbons (Fsp3) is 0.357. The van der Waals surface area contributed by atoms with Crippen molar-refractivity contribution in [3.8, 4) is 11.3 Å². The van der Waals surface area contributed by atoms with Crippen molar-refractivity contribution in [3.05, 3.63) is 39.8 Å². The summed E-state index contributed by atoms with van der Waals surface area (Å²) in [5.41, 5.74) is 4.74. The highest BCUT2D eigenvalue weighted by atomic mass is 79.9. The predicted molar refractivity (Wildman–Crippen MR) is 78.8 cm³/mol. The van der Waals surface area contributed by atoms with Crippen molar-refractivity contribution in [1.82, 2.24) is 15.3 Å². The highest BCUT2D eigenvalue weighted by Gasteiger charge is 2.10. The summed E-state index contributed by atoms with van der Waals surface area (Å²) in [7, 11) is 1.95. The van der Waals surface area contributed by atoms with Crippen LogP contribution in [0.15, 0.2) is 22.8 Å². The molecule has 0 fully saturated rings. The van der Waals surface area contributed by atoms with Crippen LogP contribution >= 0.6 is 15.9 Å². The molecule has 1 aromatic carbocycles. The molecule has 2 rings (SSSR count). The van der Waals surface area contributed by atoms with Gasteiger partial charge >= 0.3 is 0 Å². The summed E-state index contributed by atoms with van der Waals surface area (Å²) in [6.45, 7) is 5.17. The lowest BCUT2D eigenvalue weighted by atomic mass is 10.0. The Bertz CT molecular complexity index is 546. The lowest BCUT2D eigenvalue weighted by Gasteiger charge is -2.03. The monoisotopic (exact) mass is 307 g/mol. The number of aromatic amines is 1. The SMILES string of the molecule is CNCCc1nc(-c2ccc(C)c(C)c2)c(Br)[nH]1. The van der Waals surface area contributed by atoms with Gasteiger partial charge in [0.05, 0.1) is 0 Å². The Hall–Kier alpha value is -1.13. The van der Waals surface area contributed by atoms with E-state index in [2.05, 4.69) is 63.3 Å². The molecule has 0 aliphatic heterocycles. The van der Waals surface area contributed by atoms with E-state index in [1.165, 1.54) is 11.1 Å². The van der Waals surface area contributed by atoms with E-state index in [-0.39, 0.29) is 0 Å². The van der Waals surface area contributed by atoms with E-state index in [1.54, 1.807) is 0 Å². The standard InChI is InChI=1S/C14H18BrN3/c1-9-4-5-11(8-10(9)2)13-14(15)18-12(17-13)6-7-16-3/h4-5,8,16H,6-7H2,1-3H3,(H,17,18). The minimum Gasteiger partial charge on any atom is -0.336 e. The Labute approximate surface area is 116 Å². The Morgan fingerprint density at radius 1 is 1.28 bits per heavy atom. The number of hydrogen-bond donors (Lipinski definition) is 2. The second-order valence-corrected chi connectivity index (χ2v) is 5.29. The van der Waals surface area contributed by atoms with Gasteiger partial charge in [-0.1, -0.05) is 12.1 Å². The average Bonchev–Trinajstić information content (AvgIpc) is 2.71. The van der Waals surface area contributed by atoms with Gasteiger partial charge in [-0.15, -0.1) is 0 Å². The first kappa shape index (κ1) is 13.3. The molecule has 18 heavy (non-hydrogen) atoms. The second kappa shape index (κ2) is 5.67. The van der Waals surface area contributed by atoms with Crippen molar-refractivity contribution >= 4 is 15.9 Å². The molecular weight excluding hydrogens is 290 g/mol. The molecule has 0 unspecified atom stereocenters. The molecule has 0 aliphatic rings. The number of likely N-dealkylation sites (N-methyl/N-ethyl adjacent to an activating group) is 1. The number of aryl methyl sites for hydroxylation is 2. The largest absolute Gasteiger partial charge is 0.336 e. The van der Waals surface area contributed by atoms with Crippen LogP contribution in [0.2, 0.25) is 0 Å². The minimum atomic E-state index is 0.903. The highest BCUT2D eigenvalue weighted by Crippen LogP contribution is 2.27. The van der Waals surface area contributed by atoms with E-state index >= 15 is 0 Å². The Morgan fingerprint density at radius 2 is 2.06 bits per heavy atom. The van der Waals surface area contributed by atoms with Gasteiger partial charge in [-0.25, -0.2) is 4.98 Å². The molecule has 2 aromatic rings. The molecule has 0 saturated carbocycles. The molecule has 0 spiro atoms. The molecule has 3 nitrogen and oxygen atoms in total. The molecule has 0 aliphatic carbocycles. The van der Waals surface area contributed by atoms with Crippen molar-refractivity contribution in [2.45, 2.75) is 20.3 Å². The fourth-order valence-electron chi connectivity index (χ4n) is 1.84. The Balaban J connectivity index is 2.32. The van der Waals surface area contributed by atoms with Crippen LogP contribution in [0, 0.1) is 13.8 Å². The molecular formula is C14H18BrN3. The van der Waals surface area contributed by atoms with Gasteiger partial charge in [0.2, 0.25) is 0 Å². The molecule has 1 aromatic heterocycles. The average molecular weight is 308 g/mol. The number of nitrogens with zero attached hydrogens (tertiary/aromatic N) is 1. The molecule has 0 saturated heterocycles. The minimum absolute atomic E-state index is 0.903. The zero-order valence-corrected chi connectivity index (χ0v) is 12.6.